The number of alkyl halides is 1. The van der Waals surface area contributed by atoms with E-state index in [0.717, 1.165) is 0 Å². The van der Waals surface area contributed by atoms with Crippen LogP contribution in [-0.2, 0) is 9.53 Å². The first-order valence-electron chi connectivity index (χ1n) is 5.88. The second-order valence-corrected chi connectivity index (χ2v) is 4.04. The van der Waals surface area contributed by atoms with Crippen LogP contribution in [0.5, 0.6) is 11.5 Å². The van der Waals surface area contributed by atoms with Crippen molar-refractivity contribution in [1.29, 1.82) is 0 Å². The van der Waals surface area contributed by atoms with E-state index in [1.54, 1.807) is 18.2 Å². The van der Waals surface area contributed by atoms with Crippen molar-refractivity contribution in [2.24, 2.45) is 5.11 Å². The molecule has 0 aliphatic carbocycles. The van der Waals surface area contributed by atoms with E-state index in [-0.39, 0.29) is 5.70 Å². The predicted molar refractivity (Wildman–Crippen MR) is 78.3 cm³/mol. The molecule has 0 saturated carbocycles. The van der Waals surface area contributed by atoms with Gasteiger partial charge in [0.25, 0.3) is 0 Å². The SMILES string of the molecule is COC(=O)/C(=C/c1ccc(OC)c(OCCCl)c1)N=[N+]=[N-]. The Morgan fingerprint density at radius 2 is 2.19 bits per heavy atom. The molecule has 0 aromatic heterocycles. The molecular weight excluding hydrogens is 298 g/mol. The fourth-order valence-corrected chi connectivity index (χ4v) is 1.56. The van der Waals surface area contributed by atoms with E-state index in [4.69, 9.17) is 26.6 Å². The van der Waals surface area contributed by atoms with E-state index in [9.17, 15) is 4.79 Å². The summed E-state index contributed by atoms with van der Waals surface area (Å²) in [7, 11) is 2.71. The Kier molecular flexibility index (Phi) is 6.94. The molecule has 0 N–H and O–H groups in total. The Balaban J connectivity index is 3.17. The highest BCUT2D eigenvalue weighted by molar-refractivity contribution is 6.18. The average molecular weight is 312 g/mol. The van der Waals surface area contributed by atoms with Crippen LogP contribution in [0.2, 0.25) is 0 Å². The Labute approximate surface area is 126 Å². The summed E-state index contributed by atoms with van der Waals surface area (Å²) in [6, 6.07) is 4.99. The number of azide groups is 1. The first-order chi connectivity index (χ1) is 10.2. The van der Waals surface area contributed by atoms with Gasteiger partial charge >= 0.3 is 5.97 Å². The molecule has 0 heterocycles. The molecular formula is C13H14ClN3O4. The Bertz CT molecular complexity index is 583. The Morgan fingerprint density at radius 3 is 2.76 bits per heavy atom. The maximum absolute atomic E-state index is 11.5. The number of methoxy groups -OCH3 is 2. The smallest absolute Gasteiger partial charge is 0.340 e. The van der Waals surface area contributed by atoms with Gasteiger partial charge in [-0.25, -0.2) is 4.79 Å². The molecule has 7 nitrogen and oxygen atoms in total. The number of carbonyl (C=O) groups is 1. The van der Waals surface area contributed by atoms with Crippen LogP contribution in [0.25, 0.3) is 16.5 Å². The molecule has 1 aromatic carbocycles. The highest BCUT2D eigenvalue weighted by atomic mass is 35.5. The zero-order chi connectivity index (χ0) is 15.7. The predicted octanol–water partition coefficient (Wildman–Crippen LogP) is 3.14. The summed E-state index contributed by atoms with van der Waals surface area (Å²) in [5.41, 5.74) is 8.89. The molecule has 1 aromatic rings. The molecule has 8 heteroatoms. The van der Waals surface area contributed by atoms with E-state index in [0.29, 0.717) is 29.5 Å². The summed E-state index contributed by atoms with van der Waals surface area (Å²) in [4.78, 5) is 14.0. The van der Waals surface area contributed by atoms with E-state index >= 15 is 0 Å². The number of ether oxygens (including phenoxy) is 3. The highest BCUT2D eigenvalue weighted by Gasteiger charge is 2.09. The summed E-state index contributed by atoms with van der Waals surface area (Å²) < 4.78 is 15.1. The largest absolute Gasteiger partial charge is 0.493 e. The van der Waals surface area contributed by atoms with E-state index in [2.05, 4.69) is 14.8 Å². The van der Waals surface area contributed by atoms with Gasteiger partial charge in [-0.3, -0.25) is 0 Å². The monoisotopic (exact) mass is 311 g/mol. The van der Waals surface area contributed by atoms with Crippen LogP contribution in [0.15, 0.2) is 29.0 Å². The van der Waals surface area contributed by atoms with Crippen LogP contribution < -0.4 is 9.47 Å². The van der Waals surface area contributed by atoms with Gasteiger partial charge in [-0.1, -0.05) is 11.2 Å². The van der Waals surface area contributed by atoms with Crippen molar-refractivity contribution in [2.45, 2.75) is 0 Å². The molecule has 0 spiro atoms. The first kappa shape index (κ1) is 16.7. The number of rotatable bonds is 7. The third-order valence-corrected chi connectivity index (χ3v) is 2.53. The fraction of sp³-hybridized carbons (Fsp3) is 0.308. The lowest BCUT2D eigenvalue weighted by atomic mass is 10.1. The third-order valence-electron chi connectivity index (χ3n) is 2.37. The number of hydrogen-bond donors (Lipinski definition) is 0. The molecule has 0 aliphatic heterocycles. The molecule has 0 fully saturated rings. The number of halogens is 1. The van der Waals surface area contributed by atoms with Crippen LogP contribution in [0.4, 0.5) is 0 Å². The second-order valence-electron chi connectivity index (χ2n) is 3.66. The van der Waals surface area contributed by atoms with Crippen molar-refractivity contribution in [2.75, 3.05) is 26.7 Å². The maximum atomic E-state index is 11.5. The van der Waals surface area contributed by atoms with Crippen LogP contribution >= 0.6 is 11.6 Å². The van der Waals surface area contributed by atoms with Gasteiger partial charge in [0, 0.05) is 4.91 Å². The van der Waals surface area contributed by atoms with Crippen molar-refractivity contribution in [3.05, 3.63) is 39.9 Å². The van der Waals surface area contributed by atoms with Crippen molar-refractivity contribution < 1.29 is 19.0 Å². The Hall–Kier alpha value is -2.37. The summed E-state index contributed by atoms with van der Waals surface area (Å²) >= 11 is 5.58. The minimum atomic E-state index is -0.730. The van der Waals surface area contributed by atoms with Gasteiger partial charge in [0.1, 0.15) is 12.3 Å². The highest BCUT2D eigenvalue weighted by Crippen LogP contribution is 2.29. The van der Waals surface area contributed by atoms with Crippen LogP contribution in [0.3, 0.4) is 0 Å². The lowest BCUT2D eigenvalue weighted by Gasteiger charge is -2.10. The molecule has 0 amide bonds. The third kappa shape index (κ3) is 4.91. The molecule has 0 unspecified atom stereocenters. The van der Waals surface area contributed by atoms with Gasteiger partial charge in [0.05, 0.1) is 20.1 Å². The number of benzene rings is 1. The quantitative estimate of drug-likeness (QED) is 0.193. The van der Waals surface area contributed by atoms with Gasteiger partial charge in [0.2, 0.25) is 0 Å². The molecule has 112 valence electrons. The summed E-state index contributed by atoms with van der Waals surface area (Å²) in [5, 5.41) is 3.30. The minimum Gasteiger partial charge on any atom is -0.493 e. The van der Waals surface area contributed by atoms with E-state index < -0.39 is 5.97 Å². The number of esters is 1. The molecule has 0 bridgehead atoms. The number of nitrogens with zero attached hydrogens (tertiary/aromatic N) is 3. The zero-order valence-corrected chi connectivity index (χ0v) is 12.3. The Morgan fingerprint density at radius 1 is 1.43 bits per heavy atom. The molecule has 21 heavy (non-hydrogen) atoms. The zero-order valence-electron chi connectivity index (χ0n) is 11.6. The first-order valence-corrected chi connectivity index (χ1v) is 6.41. The maximum Gasteiger partial charge on any atom is 0.340 e. The van der Waals surface area contributed by atoms with Crippen LogP contribution in [-0.4, -0.2) is 32.7 Å². The van der Waals surface area contributed by atoms with Crippen LogP contribution in [0, 0.1) is 0 Å². The van der Waals surface area contributed by atoms with Gasteiger partial charge in [-0.2, -0.15) is 0 Å². The molecule has 0 saturated heterocycles. The minimum absolute atomic E-state index is 0.159. The lowest BCUT2D eigenvalue weighted by molar-refractivity contribution is -0.136. The molecule has 1 rings (SSSR count). The van der Waals surface area contributed by atoms with Gasteiger partial charge in [-0.15, -0.1) is 11.6 Å². The average Bonchev–Trinajstić information content (AvgIpc) is 2.51. The summed E-state index contributed by atoms with van der Waals surface area (Å²) in [6.45, 7) is 0.311. The molecule has 0 atom stereocenters. The van der Waals surface area contributed by atoms with E-state index in [1.165, 1.54) is 20.3 Å². The molecule has 0 radical (unpaired) electrons. The lowest BCUT2D eigenvalue weighted by Crippen LogP contribution is -2.02. The standard InChI is InChI=1S/C13H14ClN3O4/c1-19-11-4-3-9(8-12(11)21-6-5-14)7-10(16-17-15)13(18)20-2/h3-4,7-8H,5-6H2,1-2H3/b10-7-. The normalized spacial score (nSPS) is 10.5. The molecule has 0 aliphatic rings. The second kappa shape index (κ2) is 8.73. The van der Waals surface area contributed by atoms with E-state index in [1.807, 2.05) is 0 Å². The van der Waals surface area contributed by atoms with Crippen molar-refractivity contribution in [3.8, 4) is 11.5 Å². The topological polar surface area (TPSA) is 93.5 Å². The fourth-order valence-electron chi connectivity index (χ4n) is 1.48. The summed E-state index contributed by atoms with van der Waals surface area (Å²) in [5.74, 6) is 0.597. The van der Waals surface area contributed by atoms with Gasteiger partial charge in [-0.05, 0) is 29.3 Å². The van der Waals surface area contributed by atoms with Gasteiger partial charge in [0.15, 0.2) is 11.5 Å². The number of carbonyl (C=O) groups excluding carboxylic acids is 1. The van der Waals surface area contributed by atoms with Crippen molar-refractivity contribution in [1.82, 2.24) is 0 Å². The summed E-state index contributed by atoms with van der Waals surface area (Å²) in [6.07, 6.45) is 1.39. The van der Waals surface area contributed by atoms with Crippen molar-refractivity contribution >= 4 is 23.6 Å². The van der Waals surface area contributed by atoms with Crippen molar-refractivity contribution in [3.63, 3.8) is 0 Å². The van der Waals surface area contributed by atoms with Crippen LogP contribution in [0.1, 0.15) is 5.56 Å². The van der Waals surface area contributed by atoms with Gasteiger partial charge < -0.3 is 14.2 Å². The number of hydrogen-bond acceptors (Lipinski definition) is 5.